The Labute approximate surface area is 350 Å². The molecular weight excluding hydrogens is 787 g/mol. The van der Waals surface area contributed by atoms with Crippen LogP contribution in [0.25, 0.3) is 11.2 Å². The fourth-order valence-electron chi connectivity index (χ4n) is 8.32. The Kier molecular flexibility index (Phi) is 12.0. The van der Waals surface area contributed by atoms with Crippen LogP contribution in [0.4, 0.5) is 5.82 Å². The molecule has 1 atom stereocenters. The van der Waals surface area contributed by atoms with Crippen molar-refractivity contribution in [3.63, 3.8) is 0 Å². The summed E-state index contributed by atoms with van der Waals surface area (Å²) in [5.41, 5.74) is 2.68. The fourth-order valence-corrected chi connectivity index (χ4v) is 8.32. The number of benzene rings is 1. The summed E-state index contributed by atoms with van der Waals surface area (Å²) in [6, 6.07) is 9.09. The molecule has 19 nitrogen and oxygen atoms in total. The first-order valence-electron chi connectivity index (χ1n) is 20.7. The van der Waals surface area contributed by atoms with Crippen LogP contribution in [0.15, 0.2) is 49.1 Å². The van der Waals surface area contributed by atoms with Crippen LogP contribution >= 0.6 is 0 Å². The molecular formula is C42H47N11O8. The van der Waals surface area contributed by atoms with Gasteiger partial charge in [0.05, 0.1) is 17.5 Å². The van der Waals surface area contributed by atoms with Gasteiger partial charge in [-0.1, -0.05) is 18.6 Å². The number of imide groups is 2. The first kappa shape index (κ1) is 41.0. The number of piperidine rings is 2. The molecule has 4 aliphatic rings. The number of imidazole rings is 1. The number of hydrogen-bond donors (Lipinski definition) is 4. The number of carbonyl (C=O) groups is 7. The number of amides is 7. The van der Waals surface area contributed by atoms with E-state index < -0.39 is 35.6 Å². The Morgan fingerprint density at radius 3 is 2.49 bits per heavy atom. The average molecular weight is 834 g/mol. The van der Waals surface area contributed by atoms with Gasteiger partial charge in [-0.3, -0.25) is 43.8 Å². The molecule has 61 heavy (non-hydrogen) atoms. The molecule has 4 aromatic rings. The van der Waals surface area contributed by atoms with E-state index in [-0.39, 0.29) is 66.3 Å². The van der Waals surface area contributed by atoms with Gasteiger partial charge in [-0.05, 0) is 76.1 Å². The van der Waals surface area contributed by atoms with E-state index in [1.54, 1.807) is 12.4 Å². The highest BCUT2D eigenvalue weighted by molar-refractivity contribution is 6.24. The van der Waals surface area contributed by atoms with Crippen LogP contribution in [-0.4, -0.2) is 120 Å². The lowest BCUT2D eigenvalue weighted by molar-refractivity contribution is -0.136. The third kappa shape index (κ3) is 8.90. The number of rotatable bonds is 15. The van der Waals surface area contributed by atoms with Gasteiger partial charge < -0.3 is 30.2 Å². The highest BCUT2D eigenvalue weighted by atomic mass is 16.5. The van der Waals surface area contributed by atoms with E-state index in [0.717, 1.165) is 48.3 Å². The van der Waals surface area contributed by atoms with Crippen molar-refractivity contribution in [2.24, 2.45) is 0 Å². The summed E-state index contributed by atoms with van der Waals surface area (Å²) in [5.74, 6) is -2.31. The molecule has 318 valence electrons. The molecule has 0 radical (unpaired) electrons. The number of likely N-dealkylation sites (tertiary alicyclic amines) is 1. The molecule has 3 aromatic heterocycles. The van der Waals surface area contributed by atoms with Gasteiger partial charge in [-0.2, -0.15) is 0 Å². The molecule has 4 N–H and O–H groups in total. The van der Waals surface area contributed by atoms with E-state index in [0.29, 0.717) is 55.9 Å². The number of nitrogens with one attached hydrogen (secondary N) is 4. The summed E-state index contributed by atoms with van der Waals surface area (Å²) in [5, 5.41) is 11.5. The predicted molar refractivity (Wildman–Crippen MR) is 217 cm³/mol. The summed E-state index contributed by atoms with van der Waals surface area (Å²) < 4.78 is 7.69. The van der Waals surface area contributed by atoms with Crippen molar-refractivity contribution < 1.29 is 38.3 Å². The van der Waals surface area contributed by atoms with Crippen LogP contribution < -0.4 is 26.0 Å². The summed E-state index contributed by atoms with van der Waals surface area (Å²) in [6.07, 6.45) is 8.90. The first-order chi connectivity index (χ1) is 29.5. The summed E-state index contributed by atoms with van der Waals surface area (Å²) in [7, 11) is 0. The van der Waals surface area contributed by atoms with Crippen molar-refractivity contribution in [2.75, 3.05) is 31.6 Å². The van der Waals surface area contributed by atoms with Crippen molar-refractivity contribution in [3.05, 3.63) is 71.6 Å². The number of anilines is 1. The highest BCUT2D eigenvalue weighted by Crippen LogP contribution is 2.36. The number of ether oxygens (including phenoxy) is 1. The van der Waals surface area contributed by atoms with Crippen LogP contribution in [0.1, 0.15) is 107 Å². The number of fused-ring (bicyclic) bond motifs is 2. The lowest BCUT2D eigenvalue weighted by Gasteiger charge is -2.36. The van der Waals surface area contributed by atoms with Crippen LogP contribution in [-0.2, 0) is 19.2 Å². The third-order valence-corrected chi connectivity index (χ3v) is 11.7. The number of pyridine rings is 1. The molecule has 3 aliphatic heterocycles. The van der Waals surface area contributed by atoms with Gasteiger partial charge in [0, 0.05) is 56.3 Å². The van der Waals surface area contributed by atoms with Gasteiger partial charge in [-0.25, -0.2) is 19.9 Å². The van der Waals surface area contributed by atoms with Crippen LogP contribution in [0.2, 0.25) is 0 Å². The summed E-state index contributed by atoms with van der Waals surface area (Å²) >= 11 is 0. The largest absolute Gasteiger partial charge is 0.483 e. The van der Waals surface area contributed by atoms with Crippen molar-refractivity contribution in [1.82, 2.24) is 50.3 Å². The van der Waals surface area contributed by atoms with Crippen LogP contribution in [0.3, 0.4) is 0 Å². The second kappa shape index (κ2) is 17.8. The van der Waals surface area contributed by atoms with E-state index >= 15 is 0 Å². The maximum absolute atomic E-state index is 13.2. The van der Waals surface area contributed by atoms with E-state index in [4.69, 9.17) is 4.74 Å². The molecule has 8 rings (SSSR count). The van der Waals surface area contributed by atoms with Crippen LogP contribution in [0.5, 0.6) is 5.75 Å². The molecule has 0 spiro atoms. The zero-order chi connectivity index (χ0) is 42.6. The number of unbranched alkanes of at least 4 members (excludes halogenated alkanes) is 2. The smallest absolute Gasteiger partial charge is 0.270 e. The van der Waals surface area contributed by atoms with Gasteiger partial charge in [0.25, 0.3) is 23.6 Å². The zero-order valence-electron chi connectivity index (χ0n) is 33.7. The predicted octanol–water partition coefficient (Wildman–Crippen LogP) is 2.22. The second-order valence-electron chi connectivity index (χ2n) is 15.9. The van der Waals surface area contributed by atoms with Gasteiger partial charge in [0.1, 0.15) is 29.3 Å². The molecule has 7 amide bonds. The van der Waals surface area contributed by atoms with Crippen molar-refractivity contribution in [3.8, 4) is 5.75 Å². The van der Waals surface area contributed by atoms with E-state index in [1.807, 2.05) is 28.5 Å². The fraction of sp³-hybridized carbons (Fsp3) is 0.452. The monoisotopic (exact) mass is 833 g/mol. The SMILES string of the molecule is Cc1cccc(C(=O)NC2CC(n3cnc4c(NC5CCN(C(=O)CCCCCNC(=O)COc6cccc7c6C(=O)N(C6CCC(=O)NC6=O)C7=O)CC5)ncnc43)C2)n1. The Hall–Kier alpha value is -6.79. The minimum absolute atomic E-state index is 0.00817. The molecule has 1 aliphatic carbocycles. The topological polar surface area (TPSA) is 240 Å². The normalized spacial score (nSPS) is 20.2. The molecule has 19 heteroatoms. The maximum Gasteiger partial charge on any atom is 0.270 e. The van der Waals surface area contributed by atoms with Gasteiger partial charge in [0.15, 0.2) is 18.1 Å². The average Bonchev–Trinajstić information content (AvgIpc) is 3.78. The van der Waals surface area contributed by atoms with E-state index in [2.05, 4.69) is 41.2 Å². The standard InChI is InChI=1S/C42H47N11O8/c1-24-7-5-9-29(47-24)39(57)49-26-19-27(20-26)52-23-46-36-37(44-22-45-38(36)52)48-25-14-17-51(18-15-25)34(56)11-3-2-4-16-43-33(55)21-61-31-10-6-8-28-35(31)42(60)53(41(28)59)30-12-13-32(54)50-40(30)58/h5-10,22-23,25-27,30H,2-4,11-21H2,1H3,(H,43,55)(H,49,57)(H,44,45,48)(H,50,54,58). The quantitative estimate of drug-likeness (QED) is 0.0994. The minimum Gasteiger partial charge on any atom is -0.483 e. The minimum atomic E-state index is -1.10. The lowest BCUT2D eigenvalue weighted by atomic mass is 9.86. The summed E-state index contributed by atoms with van der Waals surface area (Å²) in [4.78, 5) is 109. The highest BCUT2D eigenvalue weighted by Gasteiger charge is 2.46. The molecule has 1 unspecified atom stereocenters. The Morgan fingerprint density at radius 2 is 1.70 bits per heavy atom. The number of carbonyl (C=O) groups excluding carboxylic acids is 7. The molecule has 0 bridgehead atoms. The Morgan fingerprint density at radius 1 is 0.902 bits per heavy atom. The Balaban J connectivity index is 0.713. The maximum atomic E-state index is 13.2. The molecule has 2 saturated heterocycles. The molecule has 3 fully saturated rings. The molecule has 6 heterocycles. The summed E-state index contributed by atoms with van der Waals surface area (Å²) in [6.45, 7) is 3.10. The zero-order valence-corrected chi connectivity index (χ0v) is 33.7. The van der Waals surface area contributed by atoms with E-state index in [9.17, 15) is 33.6 Å². The Bertz CT molecular complexity index is 2390. The van der Waals surface area contributed by atoms with Gasteiger partial charge >= 0.3 is 0 Å². The number of aromatic nitrogens is 5. The van der Waals surface area contributed by atoms with Gasteiger partial charge in [0.2, 0.25) is 17.7 Å². The number of aryl methyl sites for hydroxylation is 1. The van der Waals surface area contributed by atoms with Crippen LogP contribution in [0, 0.1) is 6.92 Å². The van der Waals surface area contributed by atoms with E-state index in [1.165, 1.54) is 24.5 Å². The molecule has 1 saturated carbocycles. The van der Waals surface area contributed by atoms with Crippen molar-refractivity contribution >= 4 is 58.3 Å². The van der Waals surface area contributed by atoms with Crippen molar-refractivity contribution in [1.29, 1.82) is 0 Å². The second-order valence-corrected chi connectivity index (χ2v) is 15.9. The molecule has 1 aromatic carbocycles. The van der Waals surface area contributed by atoms with Crippen molar-refractivity contribution in [2.45, 2.75) is 95.3 Å². The lowest BCUT2D eigenvalue weighted by Crippen LogP contribution is -2.54. The number of nitrogens with zero attached hydrogens (tertiary/aromatic N) is 7. The van der Waals surface area contributed by atoms with Gasteiger partial charge in [-0.15, -0.1) is 0 Å². The number of hydrogen-bond acceptors (Lipinski definition) is 13. The first-order valence-corrected chi connectivity index (χ1v) is 20.7. The third-order valence-electron chi connectivity index (χ3n) is 11.7.